The van der Waals surface area contributed by atoms with Crippen LogP contribution in [0.5, 0.6) is 23.0 Å². The van der Waals surface area contributed by atoms with E-state index in [1.54, 1.807) is 54.6 Å². The summed E-state index contributed by atoms with van der Waals surface area (Å²) in [5.41, 5.74) is 9.12. The van der Waals surface area contributed by atoms with Crippen molar-refractivity contribution in [1.29, 1.82) is 5.26 Å². The lowest BCUT2D eigenvalue weighted by Gasteiger charge is -2.27. The number of hydrogen-bond donors (Lipinski definition) is 1. The van der Waals surface area contributed by atoms with Crippen LogP contribution in [0.2, 0.25) is 10.0 Å². The van der Waals surface area contributed by atoms with E-state index in [0.717, 1.165) is 11.1 Å². The van der Waals surface area contributed by atoms with E-state index in [1.165, 1.54) is 6.07 Å². The molecular formula is C32H24Cl2N2O5. The Morgan fingerprint density at radius 2 is 1.76 bits per heavy atom. The Hall–Kier alpha value is -4.64. The van der Waals surface area contributed by atoms with Crippen LogP contribution in [0.25, 0.3) is 0 Å². The van der Waals surface area contributed by atoms with Crippen LogP contribution in [0.1, 0.15) is 39.9 Å². The third-order valence-electron chi connectivity index (χ3n) is 6.37. The Morgan fingerprint density at radius 3 is 2.49 bits per heavy atom. The van der Waals surface area contributed by atoms with Crippen molar-refractivity contribution in [2.45, 2.75) is 19.4 Å². The first kappa shape index (κ1) is 27.9. The molecule has 206 valence electrons. The SMILES string of the molecule is CCOc1cc(C2C(C#N)=C(N)Oc3cc(OC(=O)c4cccc(Cl)c4)ccc32)ccc1OCc1ccc(Cl)cc1. The topological polar surface area (TPSA) is 104 Å². The van der Waals surface area contributed by atoms with Crippen LogP contribution >= 0.6 is 23.2 Å². The zero-order chi connectivity index (χ0) is 28.9. The number of nitriles is 1. The summed E-state index contributed by atoms with van der Waals surface area (Å²) in [6.07, 6.45) is 0. The Balaban J connectivity index is 1.44. The maximum Gasteiger partial charge on any atom is 0.343 e. The lowest BCUT2D eigenvalue weighted by molar-refractivity contribution is 0.0734. The van der Waals surface area contributed by atoms with Crippen molar-refractivity contribution in [2.24, 2.45) is 5.73 Å². The van der Waals surface area contributed by atoms with Gasteiger partial charge in [0.25, 0.3) is 0 Å². The van der Waals surface area contributed by atoms with Crippen molar-refractivity contribution < 1.29 is 23.7 Å². The van der Waals surface area contributed by atoms with E-state index in [2.05, 4.69) is 6.07 Å². The molecule has 1 aliphatic heterocycles. The minimum Gasteiger partial charge on any atom is -0.490 e. The Morgan fingerprint density at radius 1 is 0.951 bits per heavy atom. The van der Waals surface area contributed by atoms with Crippen LogP contribution in [0.15, 0.2) is 96.4 Å². The zero-order valence-electron chi connectivity index (χ0n) is 21.9. The molecule has 0 bridgehead atoms. The summed E-state index contributed by atoms with van der Waals surface area (Å²) in [5, 5.41) is 11.1. The Kier molecular flexibility index (Phi) is 8.34. The van der Waals surface area contributed by atoms with Gasteiger partial charge in [-0.15, -0.1) is 0 Å². The summed E-state index contributed by atoms with van der Waals surface area (Å²) in [4.78, 5) is 12.6. The molecule has 1 atom stereocenters. The summed E-state index contributed by atoms with van der Waals surface area (Å²) in [7, 11) is 0. The van der Waals surface area contributed by atoms with Gasteiger partial charge in [0.15, 0.2) is 11.5 Å². The first-order valence-corrected chi connectivity index (χ1v) is 13.4. The van der Waals surface area contributed by atoms with Gasteiger partial charge in [-0.1, -0.05) is 53.5 Å². The molecule has 0 radical (unpaired) electrons. The third-order valence-corrected chi connectivity index (χ3v) is 6.86. The second-order valence-corrected chi connectivity index (χ2v) is 9.95. The van der Waals surface area contributed by atoms with Gasteiger partial charge >= 0.3 is 5.97 Å². The molecule has 0 spiro atoms. The fourth-order valence-corrected chi connectivity index (χ4v) is 4.77. The van der Waals surface area contributed by atoms with Gasteiger partial charge in [-0.25, -0.2) is 4.79 Å². The summed E-state index contributed by atoms with van der Waals surface area (Å²) in [5.74, 6) is 0.531. The predicted octanol–water partition coefficient (Wildman–Crippen LogP) is 7.41. The monoisotopic (exact) mass is 586 g/mol. The summed E-state index contributed by atoms with van der Waals surface area (Å²) in [6, 6.07) is 26.5. The zero-order valence-corrected chi connectivity index (χ0v) is 23.4. The van der Waals surface area contributed by atoms with Crippen molar-refractivity contribution in [3.05, 3.63) is 129 Å². The number of nitrogens with two attached hydrogens (primary N) is 1. The van der Waals surface area contributed by atoms with Gasteiger partial charge in [0.05, 0.1) is 18.1 Å². The van der Waals surface area contributed by atoms with E-state index < -0.39 is 11.9 Å². The number of carbonyl (C=O) groups excluding carboxylic acids is 1. The first-order chi connectivity index (χ1) is 19.9. The molecule has 4 aromatic carbocycles. The minimum atomic E-state index is -0.573. The highest BCUT2D eigenvalue weighted by Crippen LogP contribution is 2.45. The smallest absolute Gasteiger partial charge is 0.343 e. The Bertz CT molecular complexity index is 1680. The Labute approximate surface area is 247 Å². The van der Waals surface area contributed by atoms with E-state index in [9.17, 15) is 10.1 Å². The molecule has 0 amide bonds. The summed E-state index contributed by atoms with van der Waals surface area (Å²) < 4.78 is 23.3. The molecule has 0 aromatic heterocycles. The number of fused-ring (bicyclic) bond motifs is 1. The van der Waals surface area contributed by atoms with Crippen LogP contribution in [-0.2, 0) is 6.61 Å². The van der Waals surface area contributed by atoms with E-state index in [1.807, 2.05) is 31.2 Å². The maximum absolute atomic E-state index is 12.6. The standard InChI is InChI=1S/C32H24Cl2N2O5/c1-2-38-29-15-20(8-13-27(29)39-18-19-6-9-22(33)10-7-19)30-25-12-11-24(16-28(25)41-31(36)26(30)17-35)40-32(37)21-4-3-5-23(34)14-21/h3-16,30H,2,18,36H2,1H3. The lowest BCUT2D eigenvalue weighted by atomic mass is 9.83. The average Bonchev–Trinajstić information content (AvgIpc) is 2.96. The molecule has 1 aliphatic rings. The van der Waals surface area contributed by atoms with Gasteiger partial charge in [-0.3, -0.25) is 0 Å². The normalized spacial score (nSPS) is 14.0. The van der Waals surface area contributed by atoms with Crippen LogP contribution in [0, 0.1) is 11.3 Å². The molecule has 1 heterocycles. The van der Waals surface area contributed by atoms with E-state index in [0.29, 0.717) is 51.6 Å². The predicted molar refractivity (Wildman–Crippen MR) is 156 cm³/mol. The number of nitrogens with zero attached hydrogens (tertiary/aromatic N) is 1. The van der Waals surface area contributed by atoms with Crippen molar-refractivity contribution in [2.75, 3.05) is 6.61 Å². The fraction of sp³-hybridized carbons (Fsp3) is 0.125. The molecule has 0 aliphatic carbocycles. The van der Waals surface area contributed by atoms with Gasteiger partial charge in [0, 0.05) is 21.7 Å². The largest absolute Gasteiger partial charge is 0.490 e. The first-order valence-electron chi connectivity index (χ1n) is 12.7. The molecule has 0 saturated carbocycles. The van der Waals surface area contributed by atoms with E-state index >= 15 is 0 Å². The highest BCUT2D eigenvalue weighted by molar-refractivity contribution is 6.31. The average molecular weight is 587 g/mol. The van der Waals surface area contributed by atoms with Gasteiger partial charge < -0.3 is 24.7 Å². The number of hydrogen-bond acceptors (Lipinski definition) is 7. The van der Waals surface area contributed by atoms with Gasteiger partial charge in [0.2, 0.25) is 5.88 Å². The number of esters is 1. The number of allylic oxidation sites excluding steroid dienone is 1. The molecule has 0 saturated heterocycles. The quantitative estimate of drug-likeness (QED) is 0.169. The number of ether oxygens (including phenoxy) is 4. The molecule has 41 heavy (non-hydrogen) atoms. The molecule has 2 N–H and O–H groups in total. The van der Waals surface area contributed by atoms with Gasteiger partial charge in [-0.05, 0) is 66.6 Å². The highest BCUT2D eigenvalue weighted by Gasteiger charge is 2.32. The molecule has 7 nitrogen and oxygen atoms in total. The van der Waals surface area contributed by atoms with Crippen molar-refractivity contribution in [3.63, 3.8) is 0 Å². The molecule has 4 aromatic rings. The van der Waals surface area contributed by atoms with E-state index in [4.69, 9.17) is 47.9 Å². The van der Waals surface area contributed by atoms with Crippen molar-refractivity contribution >= 4 is 29.2 Å². The molecule has 9 heteroatoms. The summed E-state index contributed by atoms with van der Waals surface area (Å²) in [6.45, 7) is 2.61. The number of halogens is 2. The summed E-state index contributed by atoms with van der Waals surface area (Å²) >= 11 is 12.0. The third kappa shape index (κ3) is 6.25. The molecule has 1 unspecified atom stereocenters. The van der Waals surface area contributed by atoms with Crippen LogP contribution in [0.3, 0.4) is 0 Å². The van der Waals surface area contributed by atoms with Crippen LogP contribution in [-0.4, -0.2) is 12.6 Å². The fourth-order valence-electron chi connectivity index (χ4n) is 4.46. The van der Waals surface area contributed by atoms with Gasteiger partial charge in [0.1, 0.15) is 29.7 Å². The van der Waals surface area contributed by atoms with Gasteiger partial charge in [-0.2, -0.15) is 5.26 Å². The molecule has 0 fully saturated rings. The van der Waals surface area contributed by atoms with Crippen molar-refractivity contribution in [1.82, 2.24) is 0 Å². The second kappa shape index (κ2) is 12.3. The highest BCUT2D eigenvalue weighted by atomic mass is 35.5. The van der Waals surface area contributed by atoms with E-state index in [-0.39, 0.29) is 17.2 Å². The van der Waals surface area contributed by atoms with Crippen LogP contribution in [0.4, 0.5) is 0 Å². The van der Waals surface area contributed by atoms with Crippen LogP contribution < -0.4 is 24.7 Å². The maximum atomic E-state index is 12.6. The van der Waals surface area contributed by atoms with Crippen molar-refractivity contribution in [3.8, 4) is 29.1 Å². The lowest BCUT2D eigenvalue weighted by Crippen LogP contribution is -2.21. The molecular weight excluding hydrogens is 563 g/mol. The number of rotatable bonds is 8. The number of carbonyl (C=O) groups is 1. The second-order valence-electron chi connectivity index (χ2n) is 9.08. The molecule has 5 rings (SSSR count). The minimum absolute atomic E-state index is 0.0376. The number of benzene rings is 4.